The fourth-order valence-electron chi connectivity index (χ4n) is 2.23. The van der Waals surface area contributed by atoms with Gasteiger partial charge in [-0.2, -0.15) is 0 Å². The molecule has 1 N–H and O–H groups in total. The summed E-state index contributed by atoms with van der Waals surface area (Å²) >= 11 is 5.83. The molecular weight excluding hydrogens is 252 g/mol. The van der Waals surface area contributed by atoms with Gasteiger partial charge in [-0.1, -0.05) is 37.6 Å². The first-order valence-corrected chi connectivity index (χ1v) is 6.43. The summed E-state index contributed by atoms with van der Waals surface area (Å²) in [6.45, 7) is 3.71. The summed E-state index contributed by atoms with van der Waals surface area (Å²) in [5, 5.41) is 11.4. The molecule has 1 aromatic rings. The summed E-state index contributed by atoms with van der Waals surface area (Å²) < 4.78 is 4.77. The number of carbonyl (C=O) groups is 1. The molecule has 4 heteroatoms. The van der Waals surface area contributed by atoms with E-state index in [1.165, 1.54) is 7.11 Å². The highest BCUT2D eigenvalue weighted by atomic mass is 35.5. The quantitative estimate of drug-likeness (QED) is 0.836. The van der Waals surface area contributed by atoms with E-state index in [2.05, 4.69) is 0 Å². The summed E-state index contributed by atoms with van der Waals surface area (Å²) in [6.07, 6.45) is 0.946. The van der Waals surface area contributed by atoms with Crippen molar-refractivity contribution in [2.24, 2.45) is 5.92 Å². The van der Waals surface area contributed by atoms with Crippen LogP contribution in [-0.2, 0) is 15.1 Å². The Morgan fingerprint density at radius 1 is 1.39 bits per heavy atom. The van der Waals surface area contributed by atoms with Crippen LogP contribution in [0.15, 0.2) is 24.3 Å². The number of rotatable bonds is 5. The van der Waals surface area contributed by atoms with Gasteiger partial charge >= 0.3 is 5.97 Å². The number of halogens is 1. The number of esters is 1. The molecule has 0 spiro atoms. The minimum atomic E-state index is -1.22. The Hall–Kier alpha value is -1.06. The van der Waals surface area contributed by atoms with Crippen LogP contribution in [0.2, 0.25) is 5.02 Å². The first-order chi connectivity index (χ1) is 8.49. The summed E-state index contributed by atoms with van der Waals surface area (Å²) in [5.41, 5.74) is -0.529. The second-order valence-electron chi connectivity index (χ2n) is 4.27. The predicted octanol–water partition coefficient (Wildman–Crippen LogP) is 3.14. The largest absolute Gasteiger partial charge is 0.469 e. The van der Waals surface area contributed by atoms with Gasteiger partial charge in [-0.15, -0.1) is 0 Å². The van der Waals surface area contributed by atoms with Gasteiger partial charge in [-0.05, 0) is 30.5 Å². The number of hydrogen-bond acceptors (Lipinski definition) is 3. The number of methoxy groups -OCH3 is 1. The van der Waals surface area contributed by atoms with Crippen LogP contribution in [0.3, 0.4) is 0 Å². The Morgan fingerprint density at radius 2 is 1.94 bits per heavy atom. The smallest absolute Gasteiger partial charge is 0.311 e. The molecule has 0 saturated carbocycles. The zero-order valence-electron chi connectivity index (χ0n) is 10.9. The van der Waals surface area contributed by atoms with Crippen LogP contribution in [0, 0.1) is 5.92 Å². The Balaban J connectivity index is 3.17. The zero-order valence-corrected chi connectivity index (χ0v) is 11.7. The molecule has 0 aliphatic rings. The van der Waals surface area contributed by atoms with E-state index in [0.717, 1.165) is 0 Å². The lowest BCUT2D eigenvalue weighted by Crippen LogP contribution is -2.39. The molecule has 2 unspecified atom stereocenters. The monoisotopic (exact) mass is 270 g/mol. The SMILES string of the molecule is CCC(C(=O)OC)C(O)(CC)c1ccc(Cl)cc1. The van der Waals surface area contributed by atoms with Crippen molar-refractivity contribution >= 4 is 17.6 Å². The van der Waals surface area contributed by atoms with Crippen molar-refractivity contribution in [2.45, 2.75) is 32.3 Å². The molecule has 0 fully saturated rings. The van der Waals surface area contributed by atoms with E-state index in [0.29, 0.717) is 23.4 Å². The van der Waals surface area contributed by atoms with Crippen LogP contribution in [-0.4, -0.2) is 18.2 Å². The van der Waals surface area contributed by atoms with Crippen molar-refractivity contribution in [3.63, 3.8) is 0 Å². The van der Waals surface area contributed by atoms with Crippen LogP contribution >= 0.6 is 11.6 Å². The standard InChI is InChI=1S/C14H19ClO3/c1-4-12(13(16)18-3)14(17,5-2)10-6-8-11(15)9-7-10/h6-9,12,17H,4-5H2,1-3H3. The third-order valence-electron chi connectivity index (χ3n) is 3.35. The molecular formula is C14H19ClO3. The molecule has 0 saturated heterocycles. The highest BCUT2D eigenvalue weighted by Crippen LogP contribution is 2.36. The van der Waals surface area contributed by atoms with Crippen LogP contribution in [0.1, 0.15) is 32.3 Å². The fourth-order valence-corrected chi connectivity index (χ4v) is 2.36. The van der Waals surface area contributed by atoms with Gasteiger partial charge in [0.2, 0.25) is 0 Å². The topological polar surface area (TPSA) is 46.5 Å². The average molecular weight is 271 g/mol. The summed E-state index contributed by atoms with van der Waals surface area (Å²) in [7, 11) is 1.34. The normalized spacial score (nSPS) is 15.8. The average Bonchev–Trinajstić information content (AvgIpc) is 2.39. The maximum Gasteiger partial charge on any atom is 0.311 e. The Labute approximate surface area is 113 Å². The van der Waals surface area contributed by atoms with Crippen LogP contribution in [0.5, 0.6) is 0 Å². The van der Waals surface area contributed by atoms with Crippen molar-refractivity contribution in [1.82, 2.24) is 0 Å². The van der Waals surface area contributed by atoms with Crippen LogP contribution in [0.25, 0.3) is 0 Å². The predicted molar refractivity (Wildman–Crippen MR) is 71.4 cm³/mol. The van der Waals surface area contributed by atoms with Crippen molar-refractivity contribution in [3.05, 3.63) is 34.9 Å². The van der Waals surface area contributed by atoms with Gasteiger partial charge in [0.05, 0.1) is 13.0 Å². The minimum absolute atomic E-state index is 0.392. The number of ether oxygens (including phenoxy) is 1. The third-order valence-corrected chi connectivity index (χ3v) is 3.61. The molecule has 3 nitrogen and oxygen atoms in total. The molecule has 0 aliphatic heterocycles. The highest BCUT2D eigenvalue weighted by Gasteiger charge is 2.41. The maximum atomic E-state index is 11.8. The molecule has 2 atom stereocenters. The number of carbonyl (C=O) groups excluding carboxylic acids is 1. The van der Waals surface area contributed by atoms with E-state index in [9.17, 15) is 9.90 Å². The van der Waals surface area contributed by atoms with Gasteiger partial charge in [0.15, 0.2) is 0 Å². The summed E-state index contributed by atoms with van der Waals surface area (Å²) in [4.78, 5) is 11.8. The van der Waals surface area contributed by atoms with E-state index in [-0.39, 0.29) is 0 Å². The Bertz CT molecular complexity index is 402. The Morgan fingerprint density at radius 3 is 2.33 bits per heavy atom. The van der Waals surface area contributed by atoms with Crippen molar-refractivity contribution < 1.29 is 14.6 Å². The minimum Gasteiger partial charge on any atom is -0.469 e. The van der Waals surface area contributed by atoms with E-state index < -0.39 is 17.5 Å². The molecule has 0 aliphatic carbocycles. The number of aliphatic hydroxyl groups is 1. The first kappa shape index (κ1) is 15.0. The van der Waals surface area contributed by atoms with Gasteiger partial charge < -0.3 is 9.84 Å². The van der Waals surface area contributed by atoms with Crippen LogP contribution < -0.4 is 0 Å². The lowest BCUT2D eigenvalue weighted by atomic mass is 9.78. The number of hydrogen-bond donors (Lipinski definition) is 1. The lowest BCUT2D eigenvalue weighted by molar-refractivity contribution is -0.157. The van der Waals surface area contributed by atoms with E-state index in [1.807, 2.05) is 13.8 Å². The highest BCUT2D eigenvalue weighted by molar-refractivity contribution is 6.30. The summed E-state index contributed by atoms with van der Waals surface area (Å²) in [6, 6.07) is 6.91. The van der Waals surface area contributed by atoms with Crippen molar-refractivity contribution in [1.29, 1.82) is 0 Å². The molecule has 0 heterocycles. The molecule has 1 rings (SSSR count). The molecule has 0 amide bonds. The van der Waals surface area contributed by atoms with Crippen LogP contribution in [0.4, 0.5) is 0 Å². The molecule has 0 bridgehead atoms. The van der Waals surface area contributed by atoms with Crippen molar-refractivity contribution in [3.8, 4) is 0 Å². The molecule has 100 valence electrons. The molecule has 0 aromatic heterocycles. The maximum absolute atomic E-state index is 11.8. The van der Waals surface area contributed by atoms with Gasteiger partial charge in [0, 0.05) is 5.02 Å². The van der Waals surface area contributed by atoms with Gasteiger partial charge in [0.25, 0.3) is 0 Å². The second kappa shape index (κ2) is 6.21. The van der Waals surface area contributed by atoms with E-state index in [1.54, 1.807) is 24.3 Å². The van der Waals surface area contributed by atoms with E-state index in [4.69, 9.17) is 16.3 Å². The Kier molecular flexibility index (Phi) is 5.17. The van der Waals surface area contributed by atoms with E-state index >= 15 is 0 Å². The zero-order chi connectivity index (χ0) is 13.8. The fraction of sp³-hybridized carbons (Fsp3) is 0.500. The molecule has 1 aromatic carbocycles. The van der Waals surface area contributed by atoms with Gasteiger partial charge in [0.1, 0.15) is 5.60 Å². The third kappa shape index (κ3) is 2.85. The first-order valence-electron chi connectivity index (χ1n) is 6.05. The lowest BCUT2D eigenvalue weighted by Gasteiger charge is -2.33. The molecule has 0 radical (unpaired) electrons. The molecule has 18 heavy (non-hydrogen) atoms. The van der Waals surface area contributed by atoms with Gasteiger partial charge in [-0.3, -0.25) is 4.79 Å². The second-order valence-corrected chi connectivity index (χ2v) is 4.71. The summed E-state index contributed by atoms with van der Waals surface area (Å²) in [5.74, 6) is -0.967. The number of benzene rings is 1. The van der Waals surface area contributed by atoms with Gasteiger partial charge in [-0.25, -0.2) is 0 Å². The van der Waals surface area contributed by atoms with Crippen molar-refractivity contribution in [2.75, 3.05) is 7.11 Å².